The van der Waals surface area contributed by atoms with Gasteiger partial charge in [-0.2, -0.15) is 0 Å². The first-order chi connectivity index (χ1) is 12.8. The van der Waals surface area contributed by atoms with Crippen molar-refractivity contribution < 1.29 is 9.59 Å². The molecule has 1 aromatic carbocycles. The second-order valence-corrected chi connectivity index (χ2v) is 8.23. The third kappa shape index (κ3) is 4.99. The number of nitrogens with one attached hydrogen (secondary N) is 1. The Morgan fingerprint density at radius 2 is 2.00 bits per heavy atom. The molecular weight excluding hydrogens is 360 g/mol. The van der Waals surface area contributed by atoms with Crippen LogP contribution in [0.4, 0.5) is 5.69 Å². The zero-order valence-electron chi connectivity index (χ0n) is 16.7. The molecule has 1 N–H and O–H groups in total. The first-order valence-electron chi connectivity index (χ1n) is 9.92. The van der Waals surface area contributed by atoms with Crippen LogP contribution in [0.1, 0.15) is 46.5 Å². The number of piperidine rings is 1. The normalized spacial score (nSPS) is 25.2. The van der Waals surface area contributed by atoms with Gasteiger partial charge in [-0.05, 0) is 51.3 Å². The maximum Gasteiger partial charge on any atom is 0.279 e. The Morgan fingerprint density at radius 1 is 1.33 bits per heavy atom. The molecule has 0 saturated carbocycles. The van der Waals surface area contributed by atoms with E-state index in [2.05, 4.69) is 18.8 Å². The van der Waals surface area contributed by atoms with Crippen molar-refractivity contribution in [1.29, 1.82) is 0 Å². The summed E-state index contributed by atoms with van der Waals surface area (Å²) in [5, 5.41) is 3.80. The number of carbonyl (C=O) groups is 2. The highest BCUT2D eigenvalue weighted by Crippen LogP contribution is 2.39. The number of quaternary nitrogens is 1. The number of carbonyl (C=O) groups excluding carboxylic acids is 2. The Morgan fingerprint density at radius 3 is 2.56 bits per heavy atom. The Balaban J connectivity index is 2.53. The van der Waals surface area contributed by atoms with Crippen LogP contribution < -0.4 is 9.80 Å². The van der Waals surface area contributed by atoms with Crippen molar-refractivity contribution in [3.8, 4) is 0 Å². The number of rotatable bonds is 8. The van der Waals surface area contributed by atoms with E-state index in [1.165, 1.54) is 6.08 Å². The molecule has 0 radical (unpaired) electrons. The zero-order chi connectivity index (χ0) is 20.0. The molecule has 0 spiro atoms. The second kappa shape index (κ2) is 9.52. The third-order valence-electron chi connectivity index (χ3n) is 5.66. The topological polar surface area (TPSA) is 46.2 Å². The standard InChI is InChI=1S/C22H31ClN2O2/c1-5-17-8-7-14-25(15-13-20(26)6-2,19-11-9-18(23)10-12-19)21(17)22(27)24-16(3)4/h6,9-12,16-17,21H,2,5,7-8,13-15H2,1,3-4H3/p+1/t17-,21-,25?/m0/s1. The van der Waals surface area contributed by atoms with E-state index in [0.29, 0.717) is 22.5 Å². The van der Waals surface area contributed by atoms with Crippen LogP contribution >= 0.6 is 11.6 Å². The largest absolute Gasteiger partial charge is 0.349 e. The van der Waals surface area contributed by atoms with E-state index in [1.54, 1.807) is 0 Å². The van der Waals surface area contributed by atoms with Gasteiger partial charge in [0.25, 0.3) is 5.91 Å². The molecule has 0 aliphatic carbocycles. The van der Waals surface area contributed by atoms with Gasteiger partial charge in [0, 0.05) is 29.1 Å². The molecular formula is C22H32ClN2O2+. The van der Waals surface area contributed by atoms with Gasteiger partial charge in [-0.15, -0.1) is 0 Å². The highest BCUT2D eigenvalue weighted by atomic mass is 35.5. The summed E-state index contributed by atoms with van der Waals surface area (Å²) in [6, 6.07) is 7.64. The molecule has 1 unspecified atom stereocenters. The van der Waals surface area contributed by atoms with Gasteiger partial charge < -0.3 is 5.32 Å². The maximum atomic E-state index is 13.3. The van der Waals surface area contributed by atoms with Gasteiger partial charge in [-0.25, -0.2) is 0 Å². The van der Waals surface area contributed by atoms with Crippen LogP contribution in [0, 0.1) is 5.92 Å². The fraction of sp³-hybridized carbons (Fsp3) is 0.545. The number of benzene rings is 1. The Labute approximate surface area is 168 Å². The average molecular weight is 392 g/mol. The maximum absolute atomic E-state index is 13.3. The first kappa shape index (κ1) is 21.6. The molecule has 148 valence electrons. The molecule has 27 heavy (non-hydrogen) atoms. The lowest BCUT2D eigenvalue weighted by Crippen LogP contribution is -2.68. The van der Waals surface area contributed by atoms with Crippen LogP contribution in [0.15, 0.2) is 36.9 Å². The average Bonchev–Trinajstić information content (AvgIpc) is 2.65. The lowest BCUT2D eigenvalue weighted by molar-refractivity contribution is -0.130. The van der Waals surface area contributed by atoms with Gasteiger partial charge in [-0.3, -0.25) is 14.1 Å². The third-order valence-corrected chi connectivity index (χ3v) is 5.91. The highest BCUT2D eigenvalue weighted by Gasteiger charge is 2.50. The van der Waals surface area contributed by atoms with Crippen LogP contribution in [0.3, 0.4) is 0 Å². The number of hydrogen-bond donors (Lipinski definition) is 1. The molecule has 3 atom stereocenters. The van der Waals surface area contributed by atoms with Crippen molar-refractivity contribution in [2.45, 2.75) is 58.5 Å². The molecule has 1 heterocycles. The van der Waals surface area contributed by atoms with E-state index in [-0.39, 0.29) is 29.7 Å². The number of hydrogen-bond acceptors (Lipinski definition) is 2. The van der Waals surface area contributed by atoms with E-state index in [9.17, 15) is 9.59 Å². The van der Waals surface area contributed by atoms with Gasteiger partial charge in [0.2, 0.25) is 0 Å². The lowest BCUT2D eigenvalue weighted by atomic mass is 9.83. The predicted molar refractivity (Wildman–Crippen MR) is 113 cm³/mol. The lowest BCUT2D eigenvalue weighted by Gasteiger charge is -2.49. The van der Waals surface area contributed by atoms with Crippen LogP contribution in [0.25, 0.3) is 0 Å². The van der Waals surface area contributed by atoms with Crippen molar-refractivity contribution >= 4 is 29.0 Å². The van der Waals surface area contributed by atoms with E-state index in [1.807, 2.05) is 38.1 Å². The molecule has 0 aromatic heterocycles. The minimum absolute atomic E-state index is 0.0168. The Kier molecular flexibility index (Phi) is 7.63. The van der Waals surface area contributed by atoms with Gasteiger partial charge in [-0.1, -0.05) is 25.1 Å². The summed E-state index contributed by atoms with van der Waals surface area (Å²) in [6.07, 6.45) is 4.78. The van der Waals surface area contributed by atoms with E-state index in [4.69, 9.17) is 11.6 Å². The molecule has 0 bridgehead atoms. The first-order valence-corrected chi connectivity index (χ1v) is 10.3. The van der Waals surface area contributed by atoms with E-state index in [0.717, 1.165) is 31.5 Å². The van der Waals surface area contributed by atoms with Crippen molar-refractivity contribution in [2.75, 3.05) is 13.1 Å². The van der Waals surface area contributed by atoms with Gasteiger partial charge in [0.1, 0.15) is 5.69 Å². The van der Waals surface area contributed by atoms with Gasteiger partial charge >= 0.3 is 0 Å². The highest BCUT2D eigenvalue weighted by molar-refractivity contribution is 6.30. The van der Waals surface area contributed by atoms with Crippen LogP contribution in [0.2, 0.25) is 5.02 Å². The minimum atomic E-state index is -0.204. The molecule has 1 saturated heterocycles. The number of allylic oxidation sites excluding steroid dienone is 1. The number of ketones is 1. The second-order valence-electron chi connectivity index (χ2n) is 7.80. The van der Waals surface area contributed by atoms with Crippen molar-refractivity contribution in [2.24, 2.45) is 5.92 Å². The summed E-state index contributed by atoms with van der Waals surface area (Å²) in [7, 11) is 0. The number of likely N-dealkylation sites (tertiary alicyclic amines) is 1. The monoisotopic (exact) mass is 391 g/mol. The van der Waals surface area contributed by atoms with Crippen LogP contribution in [-0.2, 0) is 9.59 Å². The summed E-state index contributed by atoms with van der Waals surface area (Å²) in [6.45, 7) is 11.2. The molecule has 5 heteroatoms. The van der Waals surface area contributed by atoms with Gasteiger partial charge in [0.05, 0.1) is 19.5 Å². The van der Waals surface area contributed by atoms with Crippen LogP contribution in [0.5, 0.6) is 0 Å². The number of nitrogens with zero attached hydrogens (tertiary/aromatic N) is 1. The van der Waals surface area contributed by atoms with Crippen molar-refractivity contribution in [1.82, 2.24) is 9.80 Å². The molecule has 4 nitrogen and oxygen atoms in total. The van der Waals surface area contributed by atoms with Crippen LogP contribution in [-0.4, -0.2) is 36.9 Å². The SMILES string of the molecule is C=CC(=O)CC[N+]1(c2ccc(Cl)cc2)CCC[C@H](CC)[C@H]1C(=O)NC(C)C. The summed E-state index contributed by atoms with van der Waals surface area (Å²) in [5.74, 6) is 0.382. The molecule has 1 aromatic rings. The fourth-order valence-electron chi connectivity index (χ4n) is 4.39. The van der Waals surface area contributed by atoms with Gasteiger partial charge in [0.15, 0.2) is 11.8 Å². The van der Waals surface area contributed by atoms with E-state index >= 15 is 0 Å². The van der Waals surface area contributed by atoms with Crippen molar-refractivity contribution in [3.63, 3.8) is 0 Å². The molecule has 1 aliphatic rings. The number of halogens is 1. The molecule has 1 amide bonds. The summed E-state index contributed by atoms with van der Waals surface area (Å²) in [5.41, 5.74) is 1.05. The predicted octanol–water partition coefficient (Wildman–Crippen LogP) is 4.51. The quantitative estimate of drug-likeness (QED) is 0.523. The minimum Gasteiger partial charge on any atom is -0.349 e. The van der Waals surface area contributed by atoms with E-state index < -0.39 is 0 Å². The zero-order valence-corrected chi connectivity index (χ0v) is 17.5. The molecule has 1 aliphatic heterocycles. The summed E-state index contributed by atoms with van der Waals surface area (Å²) < 4.78 is 0.508. The fourth-order valence-corrected chi connectivity index (χ4v) is 4.52. The molecule has 2 rings (SSSR count). The number of amides is 1. The molecule has 1 fully saturated rings. The van der Waals surface area contributed by atoms with Crippen molar-refractivity contribution in [3.05, 3.63) is 41.9 Å². The summed E-state index contributed by atoms with van der Waals surface area (Å²) >= 11 is 6.12. The Bertz CT molecular complexity index is 671. The smallest absolute Gasteiger partial charge is 0.279 e. The Hall–Kier alpha value is -1.65. The summed E-state index contributed by atoms with van der Waals surface area (Å²) in [4.78, 5) is 25.3.